The van der Waals surface area contributed by atoms with Gasteiger partial charge in [-0.05, 0) is 127 Å². The van der Waals surface area contributed by atoms with Crippen molar-refractivity contribution in [1.29, 1.82) is 0 Å². The fraction of sp³-hybridized carbons (Fsp3) is 0.500. The van der Waals surface area contributed by atoms with E-state index in [1.807, 2.05) is 24.3 Å². The van der Waals surface area contributed by atoms with Crippen molar-refractivity contribution < 1.29 is 23.9 Å². The van der Waals surface area contributed by atoms with E-state index in [1.165, 1.54) is 24.0 Å². The Labute approximate surface area is 304 Å². The molecule has 0 radical (unpaired) electrons. The molecule has 10 heteroatoms. The number of benzene rings is 3. The zero-order chi connectivity index (χ0) is 35.5. The minimum Gasteiger partial charge on any atom is -0.508 e. The van der Waals surface area contributed by atoms with E-state index < -0.39 is 6.04 Å². The minimum absolute atomic E-state index is 0.118. The average molecular weight is 706 g/mol. The number of piperidine rings is 2. The van der Waals surface area contributed by atoms with Crippen LogP contribution in [-0.4, -0.2) is 84.5 Å². The number of hydrogen-bond acceptors (Lipinski definition) is 7. The number of imide groups is 1. The van der Waals surface area contributed by atoms with Crippen LogP contribution in [0.3, 0.4) is 0 Å². The summed E-state index contributed by atoms with van der Waals surface area (Å²) in [4.78, 5) is 46.0. The number of phenols is 1. The number of fused-ring (bicyclic) bond motifs is 2. The van der Waals surface area contributed by atoms with Gasteiger partial charge in [0.15, 0.2) is 0 Å². The molecular weight excluding hydrogens is 657 g/mol. The van der Waals surface area contributed by atoms with Gasteiger partial charge in [-0.3, -0.25) is 24.6 Å². The molecule has 0 spiro atoms. The van der Waals surface area contributed by atoms with Crippen LogP contribution in [0.1, 0.15) is 83.5 Å². The topological polar surface area (TPSA) is 96.4 Å². The number of carbonyl (C=O) groups excluding carboxylic acids is 3. The van der Waals surface area contributed by atoms with Crippen molar-refractivity contribution in [3.05, 3.63) is 88.2 Å². The third-order valence-corrected chi connectivity index (χ3v) is 12.9. The van der Waals surface area contributed by atoms with Crippen molar-refractivity contribution in [3.8, 4) is 5.75 Å². The monoisotopic (exact) mass is 705 g/mol. The van der Waals surface area contributed by atoms with E-state index >= 15 is 4.39 Å². The summed E-state index contributed by atoms with van der Waals surface area (Å²) in [5.41, 5.74) is 6.95. The molecule has 6 aliphatic rings. The molecule has 3 aromatic carbocycles. The maximum Gasteiger partial charge on any atom is 0.255 e. The lowest BCUT2D eigenvalue weighted by Crippen LogP contribution is -2.52. The summed E-state index contributed by atoms with van der Waals surface area (Å²) in [5.74, 6) is 1.44. The number of anilines is 2. The van der Waals surface area contributed by atoms with Gasteiger partial charge in [-0.25, -0.2) is 4.39 Å². The molecule has 1 saturated carbocycles. The van der Waals surface area contributed by atoms with E-state index in [4.69, 9.17) is 0 Å². The lowest BCUT2D eigenvalue weighted by Gasteiger charge is -2.40. The van der Waals surface area contributed by atoms with Crippen LogP contribution in [0.25, 0.3) is 0 Å². The van der Waals surface area contributed by atoms with Gasteiger partial charge in [-0.15, -0.1) is 0 Å². The number of rotatable bonds is 7. The average Bonchev–Trinajstić information content (AvgIpc) is 3.95. The van der Waals surface area contributed by atoms with Crippen LogP contribution in [0.5, 0.6) is 5.75 Å². The molecule has 272 valence electrons. The third kappa shape index (κ3) is 6.33. The number of aryl methyl sites for hydroxylation is 1. The van der Waals surface area contributed by atoms with Gasteiger partial charge < -0.3 is 19.8 Å². The number of aromatic hydroxyl groups is 1. The molecule has 2 aliphatic carbocycles. The van der Waals surface area contributed by atoms with Crippen LogP contribution < -0.4 is 15.1 Å². The van der Waals surface area contributed by atoms with Crippen molar-refractivity contribution in [1.82, 2.24) is 15.1 Å². The molecule has 1 unspecified atom stereocenters. The number of nitrogens with one attached hydrogen (secondary N) is 1. The fourth-order valence-electron chi connectivity index (χ4n) is 9.93. The SMILES string of the molecule is O=C1CCC(N2Cc3cc(N4CCN(CC5CCN(c6ccc([C@H]7c8ccc(O)cc8CC[C@H]7C7CC7)cc6F)CC5)CC4)ccc3C2=O)C(=O)N1. The molecule has 0 bridgehead atoms. The number of phenolic OH excluding ortho intramolecular Hbond substituents is 1. The van der Waals surface area contributed by atoms with E-state index in [0.717, 1.165) is 99.9 Å². The van der Waals surface area contributed by atoms with Crippen LogP contribution in [0.2, 0.25) is 0 Å². The summed E-state index contributed by atoms with van der Waals surface area (Å²) in [6.07, 6.45) is 7.34. The first-order chi connectivity index (χ1) is 25.3. The number of amides is 3. The highest BCUT2D eigenvalue weighted by Gasteiger charge is 2.42. The first-order valence-electron chi connectivity index (χ1n) is 19.4. The molecule has 52 heavy (non-hydrogen) atoms. The van der Waals surface area contributed by atoms with Crippen LogP contribution in [0.15, 0.2) is 54.6 Å². The summed E-state index contributed by atoms with van der Waals surface area (Å²) in [6.45, 7) is 6.94. The van der Waals surface area contributed by atoms with Gasteiger partial charge in [0.25, 0.3) is 5.91 Å². The van der Waals surface area contributed by atoms with Gasteiger partial charge in [0.1, 0.15) is 17.6 Å². The maximum atomic E-state index is 15.9. The van der Waals surface area contributed by atoms with Crippen LogP contribution >= 0.6 is 0 Å². The lowest BCUT2D eigenvalue weighted by atomic mass is 9.70. The van der Waals surface area contributed by atoms with Crippen LogP contribution in [0, 0.1) is 23.6 Å². The van der Waals surface area contributed by atoms with Gasteiger partial charge in [-0.1, -0.05) is 12.1 Å². The fourth-order valence-corrected chi connectivity index (χ4v) is 9.93. The summed E-state index contributed by atoms with van der Waals surface area (Å²) < 4.78 is 15.9. The second-order valence-corrected chi connectivity index (χ2v) is 16.1. The predicted octanol–water partition coefficient (Wildman–Crippen LogP) is 5.44. The zero-order valence-electron chi connectivity index (χ0n) is 29.7. The largest absolute Gasteiger partial charge is 0.508 e. The number of piperazine rings is 1. The zero-order valence-corrected chi connectivity index (χ0v) is 29.7. The maximum absolute atomic E-state index is 15.9. The Bertz CT molecular complexity index is 1900. The quantitative estimate of drug-likeness (QED) is 0.317. The molecule has 9 nitrogen and oxygen atoms in total. The van der Waals surface area contributed by atoms with Gasteiger partial charge in [0, 0.05) is 75.9 Å². The highest BCUT2D eigenvalue weighted by Crippen LogP contribution is 2.52. The number of nitrogens with zero attached hydrogens (tertiary/aromatic N) is 4. The Morgan fingerprint density at radius 1 is 0.769 bits per heavy atom. The Kier molecular flexibility index (Phi) is 8.68. The van der Waals surface area contributed by atoms with Crippen LogP contribution in [0.4, 0.5) is 15.8 Å². The van der Waals surface area contributed by atoms with E-state index in [9.17, 15) is 19.5 Å². The summed E-state index contributed by atoms with van der Waals surface area (Å²) in [5, 5.41) is 12.5. The lowest BCUT2D eigenvalue weighted by molar-refractivity contribution is -0.136. The van der Waals surface area contributed by atoms with Gasteiger partial charge >= 0.3 is 0 Å². The van der Waals surface area contributed by atoms with E-state index in [0.29, 0.717) is 36.1 Å². The molecule has 2 N–H and O–H groups in total. The smallest absolute Gasteiger partial charge is 0.255 e. The van der Waals surface area contributed by atoms with Crippen LogP contribution in [-0.2, 0) is 22.6 Å². The minimum atomic E-state index is -0.599. The Hall–Kier alpha value is -4.44. The van der Waals surface area contributed by atoms with E-state index in [-0.39, 0.29) is 35.9 Å². The van der Waals surface area contributed by atoms with Gasteiger partial charge in [-0.2, -0.15) is 0 Å². The normalized spacial score (nSPS) is 25.7. The standard InChI is InChI=1S/C42H48FN5O4/c43-36-23-29(40-33(27-1-2-27)7-3-28-22-32(49)6-9-34(28)40)4-10-37(36)47-15-13-26(14-16-47)24-45-17-19-46(20-18-45)31-5-8-35-30(21-31)25-48(42(35)52)38-11-12-39(50)44-41(38)51/h4-6,8-10,21-23,26-27,33,38,40,49H,1-3,7,11-20,24-25H2,(H,44,50,51)/t33-,38?,40+/m0/s1. The highest BCUT2D eigenvalue weighted by molar-refractivity contribution is 6.05. The molecule has 3 amide bonds. The first-order valence-corrected chi connectivity index (χ1v) is 19.4. The van der Waals surface area contributed by atoms with E-state index in [1.54, 1.807) is 17.0 Å². The number of hydrogen-bond donors (Lipinski definition) is 2. The third-order valence-electron chi connectivity index (χ3n) is 12.9. The molecular formula is C42H48FN5O4. The van der Waals surface area contributed by atoms with Crippen molar-refractivity contribution in [2.24, 2.45) is 17.8 Å². The molecule has 3 saturated heterocycles. The Morgan fingerprint density at radius 2 is 1.58 bits per heavy atom. The molecule has 4 heterocycles. The van der Waals surface area contributed by atoms with Gasteiger partial charge in [0.2, 0.25) is 11.8 Å². The van der Waals surface area contributed by atoms with Crippen molar-refractivity contribution >= 4 is 29.1 Å². The predicted molar refractivity (Wildman–Crippen MR) is 197 cm³/mol. The summed E-state index contributed by atoms with van der Waals surface area (Å²) in [7, 11) is 0. The summed E-state index contributed by atoms with van der Waals surface area (Å²) >= 11 is 0. The van der Waals surface area contributed by atoms with Crippen molar-refractivity contribution in [3.63, 3.8) is 0 Å². The highest BCUT2D eigenvalue weighted by atomic mass is 19.1. The Morgan fingerprint density at radius 3 is 2.33 bits per heavy atom. The van der Waals surface area contributed by atoms with E-state index in [2.05, 4.69) is 38.2 Å². The molecule has 4 fully saturated rings. The molecule has 4 aliphatic heterocycles. The molecule has 0 aromatic heterocycles. The molecule has 3 atom stereocenters. The van der Waals surface area contributed by atoms with Crippen molar-refractivity contribution in [2.45, 2.75) is 69.9 Å². The summed E-state index contributed by atoms with van der Waals surface area (Å²) in [6, 6.07) is 17.2. The molecule has 3 aromatic rings. The second kappa shape index (κ2) is 13.5. The Balaban J connectivity index is 0.779. The van der Waals surface area contributed by atoms with Crippen molar-refractivity contribution in [2.75, 3.05) is 55.6 Å². The second-order valence-electron chi connectivity index (χ2n) is 16.1. The number of carbonyl (C=O) groups is 3. The molecule has 9 rings (SSSR count). The number of halogens is 1. The van der Waals surface area contributed by atoms with Gasteiger partial charge in [0.05, 0.1) is 5.69 Å². The first kappa shape index (κ1) is 33.4.